The fourth-order valence-corrected chi connectivity index (χ4v) is 2.67. The van der Waals surface area contributed by atoms with Gasteiger partial charge in [0.25, 0.3) is 0 Å². The van der Waals surface area contributed by atoms with Gasteiger partial charge in [-0.15, -0.1) is 0 Å². The third kappa shape index (κ3) is 3.06. The Bertz CT molecular complexity index is 1010. The number of benzene rings is 2. The first kappa shape index (κ1) is 16.6. The molecule has 1 aromatic heterocycles. The summed E-state index contributed by atoms with van der Waals surface area (Å²) >= 11 is 0. The number of hydrogen-bond acceptors (Lipinski definition) is 4. The zero-order valence-corrected chi connectivity index (χ0v) is 13.9. The molecule has 0 radical (unpaired) electrons. The molecule has 1 N–H and O–H groups in total. The van der Waals surface area contributed by atoms with Crippen molar-refractivity contribution in [3.8, 4) is 17.2 Å². The molecule has 2 aromatic carbocycles. The maximum atomic E-state index is 12.6. The molecule has 0 bridgehead atoms. The molecule has 0 amide bonds. The van der Waals surface area contributed by atoms with Crippen LogP contribution in [0.5, 0.6) is 17.2 Å². The van der Waals surface area contributed by atoms with Crippen LogP contribution in [-0.2, 0) is 6.42 Å². The molecule has 0 aliphatic heterocycles. The van der Waals surface area contributed by atoms with Crippen LogP contribution in [-0.4, -0.2) is 22.9 Å². The number of methoxy groups -OCH3 is 1. The lowest BCUT2D eigenvalue weighted by Crippen LogP contribution is -2.18. The number of aryl methyl sites for hydroxylation is 1. The van der Waals surface area contributed by atoms with E-state index in [4.69, 9.17) is 9.47 Å². The van der Waals surface area contributed by atoms with Crippen molar-refractivity contribution >= 4 is 17.0 Å². The van der Waals surface area contributed by atoms with Gasteiger partial charge in [0.1, 0.15) is 5.75 Å². The third-order valence-electron chi connectivity index (χ3n) is 3.93. The maximum absolute atomic E-state index is 12.6. The van der Waals surface area contributed by atoms with E-state index in [0.717, 1.165) is 4.57 Å². The number of rotatable bonds is 4. The first-order valence-electron chi connectivity index (χ1n) is 7.77. The number of carboxylic acid groups (broad SMARTS) is 1. The lowest BCUT2D eigenvalue weighted by molar-refractivity contribution is 0.197. The van der Waals surface area contributed by atoms with Crippen molar-refractivity contribution in [1.82, 2.24) is 4.57 Å². The standard InChI is InChI=1S/C19H17NO5/c1-3-12-11-20(19(22)23)15-9-8-13(10-14(15)18(12)21)25-17-7-5-4-6-16(17)24-2/h4-11H,3H2,1-2H3,(H,22,23). The molecule has 6 nitrogen and oxygen atoms in total. The molecule has 0 atom stereocenters. The summed E-state index contributed by atoms with van der Waals surface area (Å²) in [5.41, 5.74) is 0.562. The molecule has 6 heteroatoms. The molecule has 0 spiro atoms. The van der Waals surface area contributed by atoms with Crippen LogP contribution >= 0.6 is 0 Å². The Kier molecular flexibility index (Phi) is 4.43. The summed E-state index contributed by atoms with van der Waals surface area (Å²) in [6, 6.07) is 11.9. The highest BCUT2D eigenvalue weighted by molar-refractivity contribution is 5.88. The first-order valence-corrected chi connectivity index (χ1v) is 7.77. The Morgan fingerprint density at radius 1 is 1.16 bits per heavy atom. The Balaban J connectivity index is 2.15. The lowest BCUT2D eigenvalue weighted by Gasteiger charge is -2.12. The van der Waals surface area contributed by atoms with E-state index in [0.29, 0.717) is 40.1 Å². The summed E-state index contributed by atoms with van der Waals surface area (Å²) in [4.78, 5) is 24.0. The van der Waals surface area contributed by atoms with Crippen molar-refractivity contribution in [2.75, 3.05) is 7.11 Å². The fourth-order valence-electron chi connectivity index (χ4n) is 2.67. The minimum atomic E-state index is -1.14. The van der Waals surface area contributed by atoms with E-state index in [1.807, 2.05) is 19.1 Å². The Labute approximate surface area is 143 Å². The van der Waals surface area contributed by atoms with E-state index in [2.05, 4.69) is 0 Å². The van der Waals surface area contributed by atoms with E-state index >= 15 is 0 Å². The highest BCUT2D eigenvalue weighted by Gasteiger charge is 2.13. The number of fused-ring (bicyclic) bond motifs is 1. The predicted molar refractivity (Wildman–Crippen MR) is 94.1 cm³/mol. The molecule has 0 saturated heterocycles. The van der Waals surface area contributed by atoms with Crippen LogP contribution in [0.15, 0.2) is 53.5 Å². The highest BCUT2D eigenvalue weighted by Crippen LogP contribution is 2.31. The van der Waals surface area contributed by atoms with Gasteiger partial charge in [0.2, 0.25) is 0 Å². The molecule has 3 aromatic rings. The van der Waals surface area contributed by atoms with Gasteiger partial charge in [-0.2, -0.15) is 0 Å². The van der Waals surface area contributed by atoms with E-state index in [1.165, 1.54) is 6.20 Å². The van der Waals surface area contributed by atoms with Crippen LogP contribution in [0.3, 0.4) is 0 Å². The van der Waals surface area contributed by atoms with Gasteiger partial charge in [-0.1, -0.05) is 19.1 Å². The van der Waals surface area contributed by atoms with Crippen LogP contribution in [0, 0.1) is 0 Å². The van der Waals surface area contributed by atoms with Gasteiger partial charge < -0.3 is 14.6 Å². The van der Waals surface area contributed by atoms with Crippen LogP contribution in [0.25, 0.3) is 10.9 Å². The molecular formula is C19H17NO5. The molecule has 0 aliphatic rings. The van der Waals surface area contributed by atoms with Crippen LogP contribution in [0.4, 0.5) is 4.79 Å². The summed E-state index contributed by atoms with van der Waals surface area (Å²) < 4.78 is 12.1. The molecule has 25 heavy (non-hydrogen) atoms. The first-order chi connectivity index (χ1) is 12.0. The molecule has 0 fully saturated rings. The second kappa shape index (κ2) is 6.68. The predicted octanol–water partition coefficient (Wildman–Crippen LogP) is 3.89. The van der Waals surface area contributed by atoms with Gasteiger partial charge in [0.05, 0.1) is 18.0 Å². The van der Waals surface area contributed by atoms with Gasteiger partial charge in [-0.05, 0) is 36.8 Å². The Hall–Kier alpha value is -3.28. The SMILES string of the molecule is CCc1cn(C(=O)O)c2ccc(Oc3ccccc3OC)cc2c1=O. The Morgan fingerprint density at radius 3 is 2.52 bits per heavy atom. The number of carbonyl (C=O) groups is 1. The molecule has 3 rings (SSSR count). The van der Waals surface area contributed by atoms with Crippen molar-refractivity contribution in [2.45, 2.75) is 13.3 Å². The van der Waals surface area contributed by atoms with Crippen molar-refractivity contribution < 1.29 is 19.4 Å². The van der Waals surface area contributed by atoms with Crippen molar-refractivity contribution in [3.63, 3.8) is 0 Å². The molecule has 0 aliphatic carbocycles. The van der Waals surface area contributed by atoms with Crippen LogP contribution in [0.2, 0.25) is 0 Å². The van der Waals surface area contributed by atoms with Crippen LogP contribution < -0.4 is 14.9 Å². The number of aromatic nitrogens is 1. The summed E-state index contributed by atoms with van der Waals surface area (Å²) in [7, 11) is 1.54. The van der Waals surface area contributed by atoms with Crippen LogP contribution in [0.1, 0.15) is 12.5 Å². The molecule has 0 saturated carbocycles. The van der Waals surface area contributed by atoms with Crippen molar-refractivity contribution in [2.24, 2.45) is 0 Å². The Morgan fingerprint density at radius 2 is 1.88 bits per heavy atom. The average molecular weight is 339 g/mol. The number of hydrogen-bond donors (Lipinski definition) is 1. The van der Waals surface area contributed by atoms with Gasteiger partial charge in [0, 0.05) is 11.8 Å². The van der Waals surface area contributed by atoms with Crippen molar-refractivity contribution in [3.05, 3.63) is 64.4 Å². The number of nitrogens with zero attached hydrogens (tertiary/aromatic N) is 1. The zero-order valence-electron chi connectivity index (χ0n) is 13.9. The minimum absolute atomic E-state index is 0.194. The van der Waals surface area contributed by atoms with Gasteiger partial charge in [0.15, 0.2) is 16.9 Å². The highest BCUT2D eigenvalue weighted by atomic mass is 16.5. The van der Waals surface area contributed by atoms with E-state index in [9.17, 15) is 14.7 Å². The minimum Gasteiger partial charge on any atom is -0.493 e. The molecule has 0 unspecified atom stereocenters. The van der Waals surface area contributed by atoms with Crippen molar-refractivity contribution in [1.29, 1.82) is 0 Å². The summed E-state index contributed by atoms with van der Waals surface area (Å²) in [5.74, 6) is 1.50. The molecular weight excluding hydrogens is 322 g/mol. The average Bonchev–Trinajstić information content (AvgIpc) is 2.62. The number of para-hydroxylation sites is 2. The third-order valence-corrected chi connectivity index (χ3v) is 3.93. The second-order valence-electron chi connectivity index (χ2n) is 5.42. The van der Waals surface area contributed by atoms with E-state index in [1.54, 1.807) is 37.4 Å². The second-order valence-corrected chi connectivity index (χ2v) is 5.42. The fraction of sp³-hybridized carbons (Fsp3) is 0.158. The van der Waals surface area contributed by atoms with Gasteiger partial charge >= 0.3 is 6.09 Å². The van der Waals surface area contributed by atoms with Gasteiger partial charge in [-0.25, -0.2) is 4.79 Å². The summed E-state index contributed by atoms with van der Waals surface area (Å²) in [6.07, 6.45) is 0.672. The summed E-state index contributed by atoms with van der Waals surface area (Å²) in [5, 5.41) is 9.68. The molecule has 128 valence electrons. The topological polar surface area (TPSA) is 77.8 Å². The normalized spacial score (nSPS) is 10.6. The smallest absolute Gasteiger partial charge is 0.416 e. The number of pyridine rings is 1. The lowest BCUT2D eigenvalue weighted by atomic mass is 10.1. The van der Waals surface area contributed by atoms with E-state index < -0.39 is 6.09 Å². The largest absolute Gasteiger partial charge is 0.493 e. The summed E-state index contributed by atoms with van der Waals surface area (Å²) in [6.45, 7) is 1.81. The monoisotopic (exact) mass is 339 g/mol. The number of ether oxygens (including phenoxy) is 2. The maximum Gasteiger partial charge on any atom is 0.416 e. The zero-order chi connectivity index (χ0) is 18.0. The quantitative estimate of drug-likeness (QED) is 0.780. The molecule has 1 heterocycles. The van der Waals surface area contributed by atoms with E-state index in [-0.39, 0.29) is 5.43 Å². The van der Waals surface area contributed by atoms with Gasteiger partial charge in [-0.3, -0.25) is 9.36 Å².